The Morgan fingerprint density at radius 1 is 1.04 bits per heavy atom. The van der Waals surface area contributed by atoms with Crippen LogP contribution in [-0.2, 0) is 10.3 Å². The van der Waals surface area contributed by atoms with Crippen LogP contribution in [0.3, 0.4) is 0 Å². The molecule has 0 bridgehead atoms. The van der Waals surface area contributed by atoms with Crippen molar-refractivity contribution in [2.45, 2.75) is 88.9 Å². The summed E-state index contributed by atoms with van der Waals surface area (Å²) >= 11 is 0. The lowest BCUT2D eigenvalue weighted by Gasteiger charge is -2.64. The average molecular weight is 389 g/mol. The molecule has 0 amide bonds. The van der Waals surface area contributed by atoms with Crippen LogP contribution in [0, 0.1) is 28.6 Å². The van der Waals surface area contributed by atoms with E-state index in [-0.39, 0.29) is 16.9 Å². The third-order valence-electron chi connectivity index (χ3n) is 10.3. The summed E-state index contributed by atoms with van der Waals surface area (Å²) in [7, 11) is 1.80. The Hall–Kier alpha value is -0.840. The predicted octanol–water partition coefficient (Wildman–Crippen LogP) is 4.64. The van der Waals surface area contributed by atoms with Crippen molar-refractivity contribution in [1.29, 1.82) is 0 Å². The summed E-state index contributed by atoms with van der Waals surface area (Å²) in [6.07, 6.45) is 12.4. The maximum absolute atomic E-state index is 12.3. The van der Waals surface area contributed by atoms with Crippen LogP contribution in [0.2, 0.25) is 0 Å². The van der Waals surface area contributed by atoms with Crippen LogP contribution >= 0.6 is 0 Å². The van der Waals surface area contributed by atoms with Gasteiger partial charge >= 0.3 is 0 Å². The third-order valence-corrected chi connectivity index (χ3v) is 10.3. The highest BCUT2D eigenvalue weighted by Gasteiger charge is 2.72. The lowest BCUT2D eigenvalue weighted by atomic mass is 9.43. The number of ether oxygens (including phenoxy) is 1. The maximum atomic E-state index is 12.3. The first-order valence-corrected chi connectivity index (χ1v) is 11.3. The molecule has 4 aliphatic carbocycles. The van der Waals surface area contributed by atoms with E-state index in [4.69, 9.17) is 9.15 Å². The van der Waals surface area contributed by atoms with Crippen molar-refractivity contribution in [2.24, 2.45) is 28.6 Å². The van der Waals surface area contributed by atoms with Crippen LogP contribution in [0.4, 0.5) is 0 Å². The van der Waals surface area contributed by atoms with E-state index in [0.29, 0.717) is 17.8 Å². The molecule has 8 atom stereocenters. The van der Waals surface area contributed by atoms with Gasteiger partial charge in [0.05, 0.1) is 24.2 Å². The molecule has 0 aromatic carbocycles. The highest BCUT2D eigenvalue weighted by molar-refractivity contribution is 5.31. The van der Waals surface area contributed by atoms with Crippen molar-refractivity contribution in [1.82, 2.24) is 0 Å². The lowest BCUT2D eigenvalue weighted by molar-refractivity contribution is -0.243. The minimum Gasteiger partial charge on any atom is -0.472 e. The van der Waals surface area contributed by atoms with Crippen LogP contribution in [0.1, 0.15) is 77.2 Å². The molecule has 28 heavy (non-hydrogen) atoms. The molecule has 0 spiro atoms. The molecule has 4 saturated carbocycles. The molecule has 2 unspecified atom stereocenters. The molecule has 1 aromatic heterocycles. The summed E-state index contributed by atoms with van der Waals surface area (Å²) in [6.45, 7) is 4.73. The van der Waals surface area contributed by atoms with Gasteiger partial charge in [-0.15, -0.1) is 0 Å². The van der Waals surface area contributed by atoms with E-state index in [0.717, 1.165) is 63.4 Å². The summed E-state index contributed by atoms with van der Waals surface area (Å²) in [5, 5.41) is 22.6. The monoisotopic (exact) mass is 388 g/mol. The molecule has 4 aliphatic rings. The Labute approximate surface area is 168 Å². The molecule has 0 radical (unpaired) electrons. The minimum absolute atomic E-state index is 0.125. The van der Waals surface area contributed by atoms with Crippen LogP contribution in [-0.4, -0.2) is 29.0 Å². The highest BCUT2D eigenvalue weighted by Crippen LogP contribution is 2.72. The standard InChI is InChI=1S/C24H36O4/c1-21-9-6-18(25)14-16(21)4-5-20-19(21)7-10-22(2)23(20,26)11-12-24(22,27-3)17-8-13-28-15-17/h8,13,15-16,18-20,25-26H,4-7,9-12,14H2,1-3H3/t16-,18+,19?,20?,21+,22+,23+,24+/m1/s1. The van der Waals surface area contributed by atoms with Crippen molar-refractivity contribution < 1.29 is 19.4 Å². The Bertz CT molecular complexity index is 731. The average Bonchev–Trinajstić information content (AvgIpc) is 3.28. The Morgan fingerprint density at radius 2 is 1.86 bits per heavy atom. The number of methoxy groups -OCH3 is 1. The third kappa shape index (κ3) is 2.12. The Morgan fingerprint density at radius 3 is 2.57 bits per heavy atom. The molecule has 4 nitrogen and oxygen atoms in total. The molecule has 0 aliphatic heterocycles. The van der Waals surface area contributed by atoms with E-state index >= 15 is 0 Å². The normalized spacial score (nSPS) is 53.3. The van der Waals surface area contributed by atoms with Crippen molar-refractivity contribution in [3.63, 3.8) is 0 Å². The summed E-state index contributed by atoms with van der Waals surface area (Å²) in [6, 6.07) is 2.02. The van der Waals surface area contributed by atoms with Crippen molar-refractivity contribution in [2.75, 3.05) is 7.11 Å². The van der Waals surface area contributed by atoms with Crippen LogP contribution in [0.25, 0.3) is 0 Å². The number of fused-ring (bicyclic) bond motifs is 5. The number of aliphatic hydroxyl groups is 2. The number of hydrogen-bond donors (Lipinski definition) is 2. The number of rotatable bonds is 2. The van der Waals surface area contributed by atoms with E-state index in [9.17, 15) is 10.2 Å². The molecule has 1 heterocycles. The molecular formula is C24H36O4. The minimum atomic E-state index is -0.701. The quantitative estimate of drug-likeness (QED) is 0.775. The number of furan rings is 1. The van der Waals surface area contributed by atoms with Gasteiger partial charge in [-0.1, -0.05) is 13.8 Å². The van der Waals surface area contributed by atoms with Crippen LogP contribution in [0.15, 0.2) is 23.0 Å². The van der Waals surface area contributed by atoms with E-state index < -0.39 is 11.2 Å². The van der Waals surface area contributed by atoms with Gasteiger partial charge in [-0.25, -0.2) is 0 Å². The first kappa shape index (κ1) is 19.1. The Balaban J connectivity index is 1.54. The van der Waals surface area contributed by atoms with Gasteiger partial charge in [0, 0.05) is 18.1 Å². The maximum Gasteiger partial charge on any atom is 0.104 e. The first-order chi connectivity index (χ1) is 13.3. The smallest absolute Gasteiger partial charge is 0.104 e. The zero-order chi connectivity index (χ0) is 19.8. The molecule has 2 N–H and O–H groups in total. The van der Waals surface area contributed by atoms with Crippen molar-refractivity contribution in [3.8, 4) is 0 Å². The summed E-state index contributed by atoms with van der Waals surface area (Å²) in [4.78, 5) is 0. The van der Waals surface area contributed by atoms with Crippen molar-refractivity contribution >= 4 is 0 Å². The van der Waals surface area contributed by atoms with E-state index in [1.165, 1.54) is 0 Å². The van der Waals surface area contributed by atoms with Crippen molar-refractivity contribution in [3.05, 3.63) is 24.2 Å². The summed E-state index contributed by atoms with van der Waals surface area (Å²) in [5.41, 5.74) is -0.148. The molecule has 156 valence electrons. The predicted molar refractivity (Wildman–Crippen MR) is 107 cm³/mol. The summed E-state index contributed by atoms with van der Waals surface area (Å²) in [5.74, 6) is 1.48. The van der Waals surface area contributed by atoms with Gasteiger partial charge in [0.1, 0.15) is 5.60 Å². The Kier molecular flexibility index (Phi) is 4.16. The van der Waals surface area contributed by atoms with Gasteiger partial charge in [0.2, 0.25) is 0 Å². The van der Waals surface area contributed by atoms with Gasteiger partial charge in [0.15, 0.2) is 0 Å². The molecule has 4 fully saturated rings. The number of hydrogen-bond acceptors (Lipinski definition) is 4. The highest BCUT2D eigenvalue weighted by atomic mass is 16.5. The second kappa shape index (κ2) is 6.09. The molecule has 5 rings (SSSR count). The zero-order valence-electron chi connectivity index (χ0n) is 17.6. The zero-order valence-corrected chi connectivity index (χ0v) is 17.6. The van der Waals surface area contributed by atoms with Gasteiger partial charge in [-0.2, -0.15) is 0 Å². The molecule has 4 heteroatoms. The van der Waals surface area contributed by atoms with E-state index in [2.05, 4.69) is 13.8 Å². The second-order valence-electron chi connectivity index (χ2n) is 10.8. The fraction of sp³-hybridized carbons (Fsp3) is 0.833. The van der Waals surface area contributed by atoms with Gasteiger partial charge in [-0.05, 0) is 87.0 Å². The van der Waals surface area contributed by atoms with Gasteiger partial charge < -0.3 is 19.4 Å². The van der Waals surface area contributed by atoms with Gasteiger partial charge in [-0.3, -0.25) is 0 Å². The fourth-order valence-corrected chi connectivity index (χ4v) is 8.60. The lowest BCUT2D eigenvalue weighted by Crippen LogP contribution is -2.64. The molecular weight excluding hydrogens is 352 g/mol. The fourth-order valence-electron chi connectivity index (χ4n) is 8.60. The van der Waals surface area contributed by atoms with Crippen LogP contribution < -0.4 is 0 Å². The van der Waals surface area contributed by atoms with E-state index in [1.807, 2.05) is 12.3 Å². The molecule has 0 saturated heterocycles. The summed E-state index contributed by atoms with van der Waals surface area (Å²) < 4.78 is 11.7. The topological polar surface area (TPSA) is 62.8 Å². The second-order valence-corrected chi connectivity index (χ2v) is 10.8. The van der Waals surface area contributed by atoms with E-state index in [1.54, 1.807) is 13.4 Å². The molecule has 1 aromatic rings. The van der Waals surface area contributed by atoms with Crippen LogP contribution in [0.5, 0.6) is 0 Å². The largest absolute Gasteiger partial charge is 0.472 e. The van der Waals surface area contributed by atoms with Gasteiger partial charge in [0.25, 0.3) is 0 Å². The first-order valence-electron chi connectivity index (χ1n) is 11.3. The SMILES string of the molecule is CO[C@]1(c2ccoc2)CC[C@]2(O)C3CC[C@@H]4C[C@@H](O)CC[C@]4(C)C3CC[C@]12C. The number of aliphatic hydroxyl groups excluding tert-OH is 1.